The van der Waals surface area contributed by atoms with Gasteiger partial charge >= 0.3 is 0 Å². The van der Waals surface area contributed by atoms with Crippen LogP contribution in [0.5, 0.6) is 0 Å². The Labute approximate surface area is 79.3 Å². The lowest BCUT2D eigenvalue weighted by Crippen LogP contribution is -2.29. The van der Waals surface area contributed by atoms with E-state index >= 15 is 0 Å². The molecule has 0 heterocycles. The van der Waals surface area contributed by atoms with E-state index in [1.807, 2.05) is 0 Å². The quantitative estimate of drug-likeness (QED) is 0.477. The van der Waals surface area contributed by atoms with Gasteiger partial charge in [-0.25, -0.2) is 0 Å². The molecule has 0 aromatic rings. The summed E-state index contributed by atoms with van der Waals surface area (Å²) in [7, 11) is 4.82. The molecule has 0 N–H and O–H groups in total. The molecule has 0 bridgehead atoms. The molecule has 0 unspecified atom stereocenters. The number of rotatable bonds is 0. The Balaban J connectivity index is 2.47. The van der Waals surface area contributed by atoms with Crippen molar-refractivity contribution in [3.63, 3.8) is 0 Å². The van der Waals surface area contributed by atoms with Crippen LogP contribution in [0.3, 0.4) is 0 Å². The van der Waals surface area contributed by atoms with Gasteiger partial charge in [-0.3, -0.25) is 0 Å². The molecule has 0 aliphatic heterocycles. The first kappa shape index (κ1) is 10.2. The van der Waals surface area contributed by atoms with Gasteiger partial charge in [-0.05, 0) is 11.3 Å². The Bertz CT molecular complexity index is 146. The van der Waals surface area contributed by atoms with E-state index in [9.17, 15) is 0 Å². The predicted molar refractivity (Wildman–Crippen MR) is 61.2 cm³/mol. The minimum absolute atomic E-state index is 0.538. The van der Waals surface area contributed by atoms with Crippen LogP contribution in [0.2, 0.25) is 5.21 Å². The van der Waals surface area contributed by atoms with Gasteiger partial charge in [0.2, 0.25) is 0 Å². The van der Waals surface area contributed by atoms with Crippen molar-refractivity contribution < 1.29 is 0 Å². The summed E-state index contributed by atoms with van der Waals surface area (Å²) in [6.07, 6.45) is 5.73. The van der Waals surface area contributed by atoms with Gasteiger partial charge in [0.25, 0.3) is 0 Å². The second-order valence-corrected chi connectivity index (χ2v) is 6.30. The molecule has 0 saturated heterocycles. The van der Waals surface area contributed by atoms with E-state index in [2.05, 4.69) is 36.5 Å². The van der Waals surface area contributed by atoms with Gasteiger partial charge in [0.05, 0.1) is 15.7 Å². The molecular weight excluding hydrogens is 142 g/mol. The highest BCUT2D eigenvalue weighted by molar-refractivity contribution is 6.39. The molecule has 0 aromatic carbocycles. The summed E-state index contributed by atoms with van der Waals surface area (Å²) in [5.41, 5.74) is 0.538. The molecule has 0 radical (unpaired) electrons. The van der Waals surface area contributed by atoms with Crippen LogP contribution in [0.25, 0.3) is 0 Å². The molecule has 2 heteroatoms. The smallest absolute Gasteiger partial charge is 0.0845 e. The minimum atomic E-state index is 0.538. The summed E-state index contributed by atoms with van der Waals surface area (Å²) >= 11 is 0. The lowest BCUT2D eigenvalue weighted by molar-refractivity contribution is 0.173. The summed E-state index contributed by atoms with van der Waals surface area (Å²) in [6, 6.07) is 0. The molecule has 0 spiro atoms. The summed E-state index contributed by atoms with van der Waals surface area (Å²) in [6.45, 7) is 7.15. The van der Waals surface area contributed by atoms with E-state index in [0.717, 1.165) is 5.92 Å². The standard InChI is InChI=1S/C10H22B2/c1-9(2,3)8-4-6-10(11,12)7-5-8/h8H,4-7,11-12H2,1-3H3. The zero-order valence-electron chi connectivity index (χ0n) is 9.41. The largest absolute Gasteiger partial charge is 0.0992 e. The van der Waals surface area contributed by atoms with Gasteiger partial charge in [-0.1, -0.05) is 51.7 Å². The molecule has 1 aliphatic carbocycles. The summed E-state index contributed by atoms with van der Waals surface area (Å²) in [4.78, 5) is 0. The van der Waals surface area contributed by atoms with Crippen molar-refractivity contribution in [3.05, 3.63) is 0 Å². The Morgan fingerprint density at radius 3 is 1.83 bits per heavy atom. The fourth-order valence-corrected chi connectivity index (χ4v) is 2.27. The Morgan fingerprint density at radius 1 is 1.08 bits per heavy atom. The molecule has 1 saturated carbocycles. The van der Waals surface area contributed by atoms with E-state index in [1.54, 1.807) is 0 Å². The topological polar surface area (TPSA) is 0 Å². The highest BCUT2D eigenvalue weighted by Gasteiger charge is 2.32. The lowest BCUT2D eigenvalue weighted by Gasteiger charge is -2.40. The van der Waals surface area contributed by atoms with Gasteiger partial charge in [-0.15, -0.1) is 0 Å². The molecule has 1 rings (SSSR count). The molecular formula is C10H22B2. The second-order valence-electron chi connectivity index (χ2n) is 6.30. The predicted octanol–water partition coefficient (Wildman–Crippen LogP) is 1.61. The third-order valence-corrected chi connectivity index (χ3v) is 3.56. The van der Waals surface area contributed by atoms with Crippen molar-refractivity contribution in [2.75, 3.05) is 0 Å². The number of hydrogen-bond acceptors (Lipinski definition) is 0. The fraction of sp³-hybridized carbons (Fsp3) is 1.00. The van der Waals surface area contributed by atoms with E-state index < -0.39 is 0 Å². The maximum Gasteiger partial charge on any atom is 0.0992 e. The van der Waals surface area contributed by atoms with Crippen LogP contribution in [-0.2, 0) is 0 Å². The zero-order valence-corrected chi connectivity index (χ0v) is 9.41. The van der Waals surface area contributed by atoms with Crippen LogP contribution in [0.4, 0.5) is 0 Å². The van der Waals surface area contributed by atoms with E-state index in [0.29, 0.717) is 10.6 Å². The van der Waals surface area contributed by atoms with Crippen LogP contribution >= 0.6 is 0 Å². The van der Waals surface area contributed by atoms with Gasteiger partial charge in [0.15, 0.2) is 0 Å². The Kier molecular flexibility index (Phi) is 2.66. The average Bonchev–Trinajstić information content (AvgIpc) is 1.83. The van der Waals surface area contributed by atoms with Crippen molar-refractivity contribution in [3.8, 4) is 0 Å². The maximum atomic E-state index is 2.41. The molecule has 0 aromatic heterocycles. The van der Waals surface area contributed by atoms with Crippen LogP contribution in [-0.4, -0.2) is 15.7 Å². The monoisotopic (exact) mass is 164 g/mol. The van der Waals surface area contributed by atoms with Crippen LogP contribution in [0, 0.1) is 11.3 Å². The Hall–Kier alpha value is 0.130. The van der Waals surface area contributed by atoms with E-state index in [-0.39, 0.29) is 0 Å². The maximum absolute atomic E-state index is 2.41. The first-order valence-corrected chi connectivity index (χ1v) is 5.31. The van der Waals surface area contributed by atoms with Crippen LogP contribution in [0.1, 0.15) is 46.5 Å². The van der Waals surface area contributed by atoms with Gasteiger partial charge in [0, 0.05) is 0 Å². The lowest BCUT2D eigenvalue weighted by atomic mass is 9.46. The van der Waals surface area contributed by atoms with Gasteiger partial charge < -0.3 is 0 Å². The summed E-state index contributed by atoms with van der Waals surface area (Å²) in [5, 5.41) is 0.627. The first-order valence-electron chi connectivity index (χ1n) is 5.31. The second kappa shape index (κ2) is 3.12. The fourth-order valence-electron chi connectivity index (χ4n) is 2.27. The van der Waals surface area contributed by atoms with Crippen molar-refractivity contribution >= 4 is 15.7 Å². The molecule has 0 atom stereocenters. The van der Waals surface area contributed by atoms with E-state index in [1.165, 1.54) is 25.7 Å². The minimum Gasteiger partial charge on any atom is -0.0845 e. The Morgan fingerprint density at radius 2 is 1.50 bits per heavy atom. The van der Waals surface area contributed by atoms with Crippen molar-refractivity contribution in [2.24, 2.45) is 11.3 Å². The SMILES string of the molecule is BC1(B)CCC(C(C)(C)C)CC1. The molecule has 1 aliphatic rings. The van der Waals surface area contributed by atoms with Crippen molar-refractivity contribution in [1.29, 1.82) is 0 Å². The number of hydrogen-bond donors (Lipinski definition) is 0. The van der Waals surface area contributed by atoms with E-state index in [4.69, 9.17) is 0 Å². The summed E-state index contributed by atoms with van der Waals surface area (Å²) in [5.74, 6) is 0.963. The average molecular weight is 164 g/mol. The van der Waals surface area contributed by atoms with Crippen molar-refractivity contribution in [2.45, 2.75) is 51.7 Å². The third kappa shape index (κ3) is 2.57. The highest BCUT2D eigenvalue weighted by atomic mass is 14.3. The molecule has 68 valence electrons. The van der Waals surface area contributed by atoms with Crippen molar-refractivity contribution in [1.82, 2.24) is 0 Å². The van der Waals surface area contributed by atoms with Crippen LogP contribution < -0.4 is 0 Å². The third-order valence-electron chi connectivity index (χ3n) is 3.56. The summed E-state index contributed by atoms with van der Waals surface area (Å²) < 4.78 is 0. The molecule has 12 heavy (non-hydrogen) atoms. The molecule has 0 nitrogen and oxygen atoms in total. The molecule has 0 amide bonds. The van der Waals surface area contributed by atoms with Crippen LogP contribution in [0.15, 0.2) is 0 Å². The first-order chi connectivity index (χ1) is 5.31. The normalized spacial score (nSPS) is 25.6. The zero-order chi connectivity index (χ0) is 9.41. The van der Waals surface area contributed by atoms with Gasteiger partial charge in [-0.2, -0.15) is 0 Å². The van der Waals surface area contributed by atoms with Gasteiger partial charge in [0.1, 0.15) is 0 Å². The molecule has 1 fully saturated rings. The highest BCUT2D eigenvalue weighted by Crippen LogP contribution is 2.45.